The van der Waals surface area contributed by atoms with Crippen molar-refractivity contribution >= 4 is 29.7 Å². The predicted molar refractivity (Wildman–Crippen MR) is 110 cm³/mol. The second kappa shape index (κ2) is 10.2. The predicted octanol–water partition coefficient (Wildman–Crippen LogP) is 2.71. The molecule has 0 atom stereocenters. The van der Waals surface area contributed by atoms with E-state index < -0.39 is 30.2 Å². The number of hydrogen-bond acceptors (Lipinski definition) is 6. The Hall–Kier alpha value is -3.68. The van der Waals surface area contributed by atoms with Crippen molar-refractivity contribution in [2.75, 3.05) is 13.2 Å². The van der Waals surface area contributed by atoms with Crippen molar-refractivity contribution < 1.29 is 28.7 Å². The molecule has 1 amide bonds. The molecule has 0 bridgehead atoms. The van der Waals surface area contributed by atoms with Crippen LogP contribution in [0.1, 0.15) is 51.5 Å². The van der Waals surface area contributed by atoms with E-state index in [-0.39, 0.29) is 23.4 Å². The minimum Gasteiger partial charge on any atom is -0.462 e. The van der Waals surface area contributed by atoms with Gasteiger partial charge in [0.2, 0.25) is 11.7 Å². The number of aromatic amines is 1. The molecule has 0 saturated heterocycles. The Morgan fingerprint density at radius 2 is 1.63 bits per heavy atom. The van der Waals surface area contributed by atoms with Crippen LogP contribution >= 0.6 is 0 Å². The summed E-state index contributed by atoms with van der Waals surface area (Å²) in [4.78, 5) is 51.8. The molecule has 0 aliphatic carbocycles. The van der Waals surface area contributed by atoms with Crippen LogP contribution < -0.4 is 5.32 Å². The number of rotatable bonds is 8. The van der Waals surface area contributed by atoms with Gasteiger partial charge < -0.3 is 19.8 Å². The van der Waals surface area contributed by atoms with E-state index in [1.165, 1.54) is 13.0 Å². The van der Waals surface area contributed by atoms with Gasteiger partial charge in [-0.3, -0.25) is 9.59 Å². The van der Waals surface area contributed by atoms with Gasteiger partial charge >= 0.3 is 11.9 Å². The van der Waals surface area contributed by atoms with E-state index in [2.05, 4.69) is 10.3 Å². The highest BCUT2D eigenvalue weighted by Crippen LogP contribution is 2.20. The van der Waals surface area contributed by atoms with Gasteiger partial charge in [0.25, 0.3) is 0 Å². The van der Waals surface area contributed by atoms with Crippen molar-refractivity contribution in [3.63, 3.8) is 0 Å². The van der Waals surface area contributed by atoms with Gasteiger partial charge in [-0.05, 0) is 32.4 Å². The lowest BCUT2D eigenvalue weighted by atomic mass is 10.1. The van der Waals surface area contributed by atoms with Gasteiger partial charge in [-0.15, -0.1) is 0 Å². The van der Waals surface area contributed by atoms with Crippen LogP contribution in [-0.2, 0) is 19.1 Å². The number of carbonyl (C=O) groups excluding carboxylic acids is 4. The van der Waals surface area contributed by atoms with Crippen molar-refractivity contribution in [2.45, 2.75) is 27.7 Å². The van der Waals surface area contributed by atoms with Crippen LogP contribution in [-0.4, -0.2) is 41.8 Å². The molecule has 1 aromatic heterocycles. The van der Waals surface area contributed by atoms with E-state index in [4.69, 9.17) is 9.47 Å². The minimum atomic E-state index is -0.870. The van der Waals surface area contributed by atoms with Gasteiger partial charge in [0.15, 0.2) is 6.61 Å². The molecule has 8 heteroatoms. The van der Waals surface area contributed by atoms with E-state index in [1.54, 1.807) is 45.0 Å². The topological polar surface area (TPSA) is 115 Å². The molecule has 1 heterocycles. The fourth-order valence-electron chi connectivity index (χ4n) is 2.92. The van der Waals surface area contributed by atoms with Crippen LogP contribution in [0.2, 0.25) is 0 Å². The Labute approximate surface area is 174 Å². The first-order valence-corrected chi connectivity index (χ1v) is 9.35. The normalized spacial score (nSPS) is 11.0. The zero-order valence-corrected chi connectivity index (χ0v) is 17.3. The van der Waals surface area contributed by atoms with E-state index in [1.807, 2.05) is 6.07 Å². The zero-order valence-electron chi connectivity index (χ0n) is 17.3. The molecule has 0 spiro atoms. The largest absolute Gasteiger partial charge is 0.462 e. The van der Waals surface area contributed by atoms with Crippen molar-refractivity contribution in [2.24, 2.45) is 0 Å². The molecule has 2 N–H and O–H groups in total. The number of aryl methyl sites for hydroxylation is 2. The summed E-state index contributed by atoms with van der Waals surface area (Å²) in [7, 11) is 0. The number of ketones is 1. The first kappa shape index (κ1) is 22.6. The maximum Gasteiger partial charge on any atom is 0.355 e. The maximum atomic E-state index is 12.7. The molecular weight excluding hydrogens is 388 g/mol. The molecule has 0 aliphatic rings. The zero-order chi connectivity index (χ0) is 22.3. The molecule has 1 aromatic carbocycles. The fourth-order valence-corrected chi connectivity index (χ4v) is 2.92. The van der Waals surface area contributed by atoms with Gasteiger partial charge in [0, 0.05) is 18.3 Å². The monoisotopic (exact) mass is 412 g/mol. The summed E-state index contributed by atoms with van der Waals surface area (Å²) < 4.78 is 10.1. The number of H-pyrrole nitrogens is 1. The number of amides is 1. The average molecular weight is 412 g/mol. The number of benzene rings is 1. The molecule has 8 nitrogen and oxygen atoms in total. The summed E-state index contributed by atoms with van der Waals surface area (Å²) in [6.45, 7) is 5.78. The SMILES string of the molecule is CCOC(=O)c1c(C)[nH]c(C)c1C(=O)COC(=O)C(=Cc1ccccc1)NC(C)=O. The minimum absolute atomic E-state index is 0.103. The van der Waals surface area contributed by atoms with Crippen molar-refractivity contribution in [3.8, 4) is 0 Å². The number of carbonyl (C=O) groups is 4. The second-order valence-electron chi connectivity index (χ2n) is 6.49. The maximum absolute atomic E-state index is 12.7. The highest BCUT2D eigenvalue weighted by atomic mass is 16.5. The lowest BCUT2D eigenvalue weighted by Gasteiger charge is -2.10. The van der Waals surface area contributed by atoms with Gasteiger partial charge in [-0.1, -0.05) is 30.3 Å². The Balaban J connectivity index is 2.20. The molecule has 158 valence electrons. The Morgan fingerprint density at radius 1 is 1.00 bits per heavy atom. The first-order valence-electron chi connectivity index (χ1n) is 9.35. The van der Waals surface area contributed by atoms with E-state index in [0.717, 1.165) is 0 Å². The van der Waals surface area contributed by atoms with Crippen LogP contribution in [0.3, 0.4) is 0 Å². The molecular formula is C22H24N2O6. The molecule has 0 aliphatic heterocycles. The van der Waals surface area contributed by atoms with Crippen LogP contribution in [0.25, 0.3) is 6.08 Å². The first-order chi connectivity index (χ1) is 14.2. The number of aromatic nitrogens is 1. The highest BCUT2D eigenvalue weighted by molar-refractivity contribution is 6.09. The molecule has 0 fully saturated rings. The third-order valence-electron chi connectivity index (χ3n) is 4.11. The van der Waals surface area contributed by atoms with Crippen LogP contribution in [0.15, 0.2) is 36.0 Å². The summed E-state index contributed by atoms with van der Waals surface area (Å²) in [5, 5.41) is 2.41. The second-order valence-corrected chi connectivity index (χ2v) is 6.49. The summed E-state index contributed by atoms with van der Waals surface area (Å²) >= 11 is 0. The number of nitrogens with one attached hydrogen (secondary N) is 2. The lowest BCUT2D eigenvalue weighted by molar-refractivity contribution is -0.139. The summed E-state index contributed by atoms with van der Waals surface area (Å²) in [5.74, 6) is -2.51. The van der Waals surface area contributed by atoms with Gasteiger partial charge in [-0.25, -0.2) is 9.59 Å². The summed E-state index contributed by atoms with van der Waals surface area (Å²) in [5.41, 5.74) is 1.77. The van der Waals surface area contributed by atoms with Crippen LogP contribution in [0.4, 0.5) is 0 Å². The standard InChI is InChI=1S/C22H24N2O6/c1-5-29-22(28)20-14(3)23-13(2)19(20)18(26)12-30-21(27)17(24-15(4)25)11-16-9-7-6-8-10-16/h6-11,23H,5,12H2,1-4H3,(H,24,25). The molecule has 0 radical (unpaired) electrons. The van der Waals surface area contributed by atoms with Gasteiger partial charge in [-0.2, -0.15) is 0 Å². The molecule has 2 aromatic rings. The van der Waals surface area contributed by atoms with Crippen molar-refractivity contribution in [3.05, 3.63) is 64.1 Å². The number of hydrogen-bond donors (Lipinski definition) is 2. The van der Waals surface area contributed by atoms with E-state index >= 15 is 0 Å². The van der Waals surface area contributed by atoms with Gasteiger partial charge in [0.05, 0.1) is 17.7 Å². The quantitative estimate of drug-likeness (QED) is 0.391. The fraction of sp³-hybridized carbons (Fsp3) is 0.273. The smallest absolute Gasteiger partial charge is 0.355 e. The van der Waals surface area contributed by atoms with Crippen LogP contribution in [0.5, 0.6) is 0 Å². The summed E-state index contributed by atoms with van der Waals surface area (Å²) in [6, 6.07) is 8.87. The van der Waals surface area contributed by atoms with Crippen LogP contribution in [0, 0.1) is 13.8 Å². The van der Waals surface area contributed by atoms with Gasteiger partial charge in [0.1, 0.15) is 5.70 Å². The Morgan fingerprint density at radius 3 is 2.23 bits per heavy atom. The summed E-state index contributed by atoms with van der Waals surface area (Å²) in [6.07, 6.45) is 1.45. The third kappa shape index (κ3) is 5.66. The Bertz CT molecular complexity index is 989. The molecule has 0 unspecified atom stereocenters. The molecule has 2 rings (SSSR count). The molecule has 0 saturated carbocycles. The number of ether oxygens (including phenoxy) is 2. The van der Waals surface area contributed by atoms with Crippen molar-refractivity contribution in [1.82, 2.24) is 10.3 Å². The number of Topliss-reactive ketones (excluding diaryl/α,β-unsaturated/α-hetero) is 1. The third-order valence-corrected chi connectivity index (χ3v) is 4.11. The Kier molecular flexibility index (Phi) is 7.69. The average Bonchev–Trinajstić information content (AvgIpc) is 3.00. The molecule has 30 heavy (non-hydrogen) atoms. The number of esters is 2. The van der Waals surface area contributed by atoms with Crippen molar-refractivity contribution in [1.29, 1.82) is 0 Å². The van der Waals surface area contributed by atoms with E-state index in [9.17, 15) is 19.2 Å². The highest BCUT2D eigenvalue weighted by Gasteiger charge is 2.26. The lowest BCUT2D eigenvalue weighted by Crippen LogP contribution is -2.28. The van der Waals surface area contributed by atoms with E-state index in [0.29, 0.717) is 17.0 Å².